The van der Waals surface area contributed by atoms with Crippen molar-refractivity contribution in [3.05, 3.63) is 240 Å². The molecule has 6 atom stereocenters. The molecule has 7 heterocycles. The van der Waals surface area contributed by atoms with Crippen LogP contribution in [0.15, 0.2) is 200 Å². The van der Waals surface area contributed by atoms with Crippen LogP contribution in [0.2, 0.25) is 0 Å². The molecule has 0 aliphatic carbocycles. The zero-order chi connectivity index (χ0) is 97.8. The molecule has 5 N–H and O–H groups in total. The number of phenols is 2. The second-order valence-corrected chi connectivity index (χ2v) is 36.2. The molecule has 0 radical (unpaired) electrons. The minimum atomic E-state index is -0.987. The molecule has 0 spiro atoms. The molecule has 40 heteroatoms. The van der Waals surface area contributed by atoms with Crippen LogP contribution in [0.5, 0.6) is 11.5 Å². The van der Waals surface area contributed by atoms with Crippen molar-refractivity contribution < 1.29 is 72.9 Å². The molecule has 2 aliphatic rings. The minimum Gasteiger partial charge on any atom is -0.508 e. The lowest BCUT2D eigenvalue weighted by Crippen LogP contribution is -2.38. The number of likely N-dealkylation sites (N-methyl/N-ethyl adjacent to an activating group) is 1. The number of likely N-dealkylation sites (tertiary alicyclic amines) is 2. The van der Waals surface area contributed by atoms with Crippen molar-refractivity contribution in [3.63, 3.8) is 0 Å². The highest BCUT2D eigenvalue weighted by molar-refractivity contribution is 5.72. The summed E-state index contributed by atoms with van der Waals surface area (Å²) in [4.78, 5) is 78.9. The van der Waals surface area contributed by atoms with Crippen molar-refractivity contribution in [2.75, 3.05) is 27.2 Å². The normalized spacial score (nSPS) is 14.8. The monoisotopic (exact) mass is 1840 g/mol. The summed E-state index contributed by atoms with van der Waals surface area (Å²) in [6, 6.07) is 57.8. The van der Waals surface area contributed by atoms with Crippen molar-refractivity contribution in [1.29, 1.82) is 0 Å². The maximum atomic E-state index is 12.7. The smallest absolute Gasteiger partial charge is 0.411 e. The van der Waals surface area contributed by atoms with E-state index in [0.717, 1.165) is 51.8 Å². The number of aromatic hydroxyl groups is 2. The number of alkyl carbamates (subject to hydrolysis) is 1. The van der Waals surface area contributed by atoms with E-state index in [1.165, 1.54) is 21.7 Å². The minimum absolute atomic E-state index is 0.110. The molecule has 5 amide bonds. The predicted molar refractivity (Wildman–Crippen MR) is 493 cm³/mol. The first kappa shape index (κ1) is 102. The van der Waals surface area contributed by atoms with Gasteiger partial charge in [-0.1, -0.05) is 176 Å². The summed E-state index contributed by atoms with van der Waals surface area (Å²) in [7, 11) is 3.14. The molecule has 7 aromatic carbocycles. The summed E-state index contributed by atoms with van der Waals surface area (Å²) in [5.41, 5.74) is 2.69. The molecule has 6 unspecified atom stereocenters. The average Bonchev–Trinajstić information content (AvgIpc) is 1.56. The lowest BCUT2D eigenvalue weighted by Gasteiger charge is -2.29. The Morgan fingerprint density at radius 1 is 0.385 bits per heavy atom. The van der Waals surface area contributed by atoms with Crippen molar-refractivity contribution in [2.24, 2.45) is 0 Å². The van der Waals surface area contributed by atoms with Gasteiger partial charge >= 0.3 is 36.4 Å². The number of nitrogens with one attached hydrogen (secondary N) is 1. The van der Waals surface area contributed by atoms with E-state index in [-0.39, 0.29) is 54.7 Å². The molecule has 14 rings (SSSR count). The first-order valence-electron chi connectivity index (χ1n) is 43.5. The number of rotatable bonds is 20. The second-order valence-electron chi connectivity index (χ2n) is 36.2. The second kappa shape index (κ2) is 46.6. The number of amides is 5. The van der Waals surface area contributed by atoms with Crippen molar-refractivity contribution in [3.8, 4) is 68.4 Å². The number of aromatic nitrogens is 20. The van der Waals surface area contributed by atoms with Crippen LogP contribution in [-0.2, 0) is 41.3 Å². The number of aliphatic carboxylic acids is 1. The fourth-order valence-corrected chi connectivity index (χ4v) is 13.0. The van der Waals surface area contributed by atoms with Crippen LogP contribution in [0, 0.1) is 0 Å². The predicted octanol–water partition coefficient (Wildman–Crippen LogP) is 14.9. The van der Waals surface area contributed by atoms with Crippen molar-refractivity contribution in [2.45, 2.75) is 213 Å². The zero-order valence-corrected chi connectivity index (χ0v) is 78.4. The summed E-state index contributed by atoms with van der Waals surface area (Å²) in [6.45, 7) is 27.8. The van der Waals surface area contributed by atoms with Gasteiger partial charge in [0, 0.05) is 74.1 Å². The Bertz CT molecular complexity index is 5760. The molecule has 2 fully saturated rings. The number of carboxylic acids is 1. The van der Waals surface area contributed by atoms with Crippen LogP contribution >= 0.6 is 0 Å². The van der Waals surface area contributed by atoms with E-state index < -0.39 is 88.6 Å². The number of nitrogens with zero attached hydrogens (tertiary/aromatic N) is 24. The summed E-state index contributed by atoms with van der Waals surface area (Å²) in [6.07, 6.45) is -0.472. The van der Waals surface area contributed by atoms with E-state index in [1.54, 1.807) is 123 Å². The van der Waals surface area contributed by atoms with E-state index in [0.29, 0.717) is 72.4 Å². The summed E-state index contributed by atoms with van der Waals surface area (Å²) in [5.74, 6) is 2.85. The van der Waals surface area contributed by atoms with Crippen LogP contribution in [0.3, 0.4) is 0 Å². The highest BCUT2D eigenvalue weighted by Crippen LogP contribution is 2.35. The fourth-order valence-electron chi connectivity index (χ4n) is 13.0. The van der Waals surface area contributed by atoms with Gasteiger partial charge in [-0.2, -0.15) is 0 Å². The maximum Gasteiger partial charge on any atom is 0.411 e. The summed E-state index contributed by atoms with van der Waals surface area (Å²) < 4.78 is 27.1. The number of carboxylic acid groups (broad SMARTS) is 1. The first-order chi connectivity index (χ1) is 64.0. The van der Waals surface area contributed by atoms with Crippen LogP contribution < -0.4 is 5.32 Å². The SMILES string of the molecule is CC(C)(C)OC(=O)N1CC(O)CC1c1nnc(-c2ccccc2)nn1.CC(C)(C)OC(=O)N1CCCC1c1nnc(-c2ccccc2)nn1.CC(C)(C)OC(=O)NC(Cc1ccc(O)cc1)c1nnc(-c2ccccc2)nn1.CN(C(=O)OC(C)(C)C)C(CCC(=O)O)c1nnc(-c2ccccc2)nn1.CN(C(=O)OC(C)(C)C)C(Cc1ccc(O)cc1)c1nnc(-c2ccccc2)nn1. The standard InChI is InChI=1S/C22H25N5O3.C21H23N5O3.C18H23N5O4.C17H21N5O3.C17H21N5O2/c1-22(2,3)30-21(29)27(4)18(14-15-10-12-17(28)13-11-15)20-25-23-19(24-26-20)16-8-6-5-7-9-16;1-21(2,3)29-20(28)22-17(13-14-9-11-16(27)12-10-14)19-25-23-18(24-26-19)15-7-5-4-6-8-15;1-18(2,3)27-17(26)23(4)13(10-11-14(24)25)16-21-19-15(20-22-16)12-8-6-5-7-9-12;1-17(2,3)25-16(24)22-10-12(23)9-13(22)15-20-18-14(19-21-15)11-7-5-4-6-8-11;1-17(2,3)24-16(23)22-11-7-10-13(22)15-20-18-14(19-21-15)12-8-5-4-6-9-12/h5-13,18,28H,14H2,1-4H3;4-12,17,27H,13H2,1-3H3,(H,22,28);5-9,13H,10-11H2,1-4H3,(H,24,25);4-8,12-13,23H,9-10H2,1-3H3;4-6,8-9,13H,7,10-11H2,1-3H3. The van der Waals surface area contributed by atoms with Gasteiger partial charge < -0.3 is 59.2 Å². The summed E-state index contributed by atoms with van der Waals surface area (Å²) in [5, 5.41) is 124. The molecule has 12 aromatic rings. The van der Waals surface area contributed by atoms with E-state index >= 15 is 0 Å². The van der Waals surface area contributed by atoms with Gasteiger partial charge in [-0.3, -0.25) is 14.6 Å². The van der Waals surface area contributed by atoms with Crippen molar-refractivity contribution >= 4 is 36.4 Å². The Hall–Kier alpha value is -15.4. The third-order valence-electron chi connectivity index (χ3n) is 19.3. The molecule has 708 valence electrons. The lowest BCUT2D eigenvalue weighted by molar-refractivity contribution is -0.137. The molecule has 135 heavy (non-hydrogen) atoms. The number of benzene rings is 7. The molecule has 2 saturated heterocycles. The Labute approximate surface area is 781 Å². The Kier molecular flexibility index (Phi) is 35.1. The van der Waals surface area contributed by atoms with E-state index in [4.69, 9.17) is 28.8 Å². The van der Waals surface area contributed by atoms with Gasteiger partial charge in [-0.15, -0.1) is 102 Å². The number of ether oxygens (including phenoxy) is 5. The molecule has 40 nitrogen and oxygen atoms in total. The topological polar surface area (TPSA) is 512 Å². The van der Waals surface area contributed by atoms with Crippen LogP contribution in [0.4, 0.5) is 24.0 Å². The third-order valence-corrected chi connectivity index (χ3v) is 19.3. The number of phenolic OH excluding ortho intramolecular Hbond substituents is 2. The van der Waals surface area contributed by atoms with Gasteiger partial charge in [-0.05, 0) is 159 Å². The molecule has 2 aliphatic heterocycles. The average molecular weight is 1850 g/mol. The van der Waals surface area contributed by atoms with E-state index in [1.807, 2.05) is 193 Å². The summed E-state index contributed by atoms with van der Waals surface area (Å²) >= 11 is 0. The maximum absolute atomic E-state index is 12.7. The van der Waals surface area contributed by atoms with Crippen LogP contribution in [0.1, 0.15) is 206 Å². The Morgan fingerprint density at radius 3 is 1.04 bits per heavy atom. The first-order valence-corrected chi connectivity index (χ1v) is 43.5. The Morgan fingerprint density at radius 2 is 0.696 bits per heavy atom. The quantitative estimate of drug-likeness (QED) is 0.0442. The molecule has 5 aromatic heterocycles. The number of carbonyl (C=O) groups excluding carboxylic acids is 5. The molecular weight excluding hydrogens is 1730 g/mol. The molecule has 0 bridgehead atoms. The number of hydrogen-bond acceptors (Lipinski definition) is 34. The molecule has 0 saturated carbocycles. The number of aliphatic hydroxyl groups is 1. The Balaban J connectivity index is 0.000000175. The highest BCUT2D eigenvalue weighted by Gasteiger charge is 2.41. The third kappa shape index (κ3) is 32.6. The van der Waals surface area contributed by atoms with Gasteiger partial charge in [0.2, 0.25) is 29.1 Å². The van der Waals surface area contributed by atoms with Gasteiger partial charge in [-0.25, -0.2) is 24.0 Å². The van der Waals surface area contributed by atoms with Gasteiger partial charge in [0.15, 0.2) is 29.1 Å². The number of carbonyl (C=O) groups is 6. The van der Waals surface area contributed by atoms with Gasteiger partial charge in [0.1, 0.15) is 57.6 Å². The fraction of sp³-hybridized carbons (Fsp3) is 0.389. The van der Waals surface area contributed by atoms with E-state index in [2.05, 4.69) is 107 Å². The number of hydrogen-bond donors (Lipinski definition) is 5. The van der Waals surface area contributed by atoms with E-state index in [9.17, 15) is 44.1 Å². The van der Waals surface area contributed by atoms with Gasteiger partial charge in [0.25, 0.3) is 0 Å². The number of aliphatic hydroxyl groups excluding tert-OH is 1. The molecular formula is C95H113N25O15. The van der Waals surface area contributed by atoms with Crippen molar-refractivity contribution in [1.82, 2.24) is 127 Å². The highest BCUT2D eigenvalue weighted by atomic mass is 16.6. The lowest BCUT2D eigenvalue weighted by atomic mass is 10.0. The zero-order valence-electron chi connectivity index (χ0n) is 78.4. The van der Waals surface area contributed by atoms with Gasteiger partial charge in [0.05, 0.1) is 24.7 Å². The van der Waals surface area contributed by atoms with Crippen LogP contribution in [-0.4, -0.2) is 240 Å². The van der Waals surface area contributed by atoms with Crippen LogP contribution in [0.25, 0.3) is 56.9 Å². The number of β-amino-alcohol motifs (C(OH)–C–C–N with tert-alkyl or cyclic N) is 1. The largest absolute Gasteiger partial charge is 0.508 e.